The van der Waals surface area contributed by atoms with Crippen LogP contribution in [0.5, 0.6) is 11.5 Å². The number of amides is 1. The smallest absolute Gasteiger partial charge is 0.339 e. The van der Waals surface area contributed by atoms with E-state index in [4.69, 9.17) is 25.8 Å². The van der Waals surface area contributed by atoms with Crippen LogP contribution in [-0.4, -0.2) is 29.8 Å². The molecule has 0 saturated heterocycles. The van der Waals surface area contributed by atoms with Crippen molar-refractivity contribution >= 4 is 45.7 Å². The predicted molar refractivity (Wildman–Crippen MR) is 129 cm³/mol. The molecule has 1 N–H and O–H groups in total. The molecule has 2 aromatic heterocycles. The van der Waals surface area contributed by atoms with Crippen LogP contribution in [0.1, 0.15) is 22.8 Å². The van der Waals surface area contributed by atoms with Gasteiger partial charge in [0.1, 0.15) is 0 Å². The third-order valence-electron chi connectivity index (χ3n) is 5.32. The zero-order valence-corrected chi connectivity index (χ0v) is 19.6. The second-order valence-corrected chi connectivity index (χ2v) is 9.34. The molecular formula is C25H19ClN2O5S. The largest absolute Gasteiger partial charge is 0.454 e. The van der Waals surface area contributed by atoms with E-state index in [0.717, 1.165) is 10.4 Å². The van der Waals surface area contributed by atoms with Gasteiger partial charge in [-0.25, -0.2) is 9.78 Å². The van der Waals surface area contributed by atoms with E-state index in [9.17, 15) is 9.59 Å². The Bertz CT molecular complexity index is 1400. The van der Waals surface area contributed by atoms with Gasteiger partial charge in [-0.1, -0.05) is 35.9 Å². The van der Waals surface area contributed by atoms with Crippen LogP contribution in [0.3, 0.4) is 0 Å². The number of ether oxygens (including phenoxy) is 3. The van der Waals surface area contributed by atoms with Gasteiger partial charge in [0.25, 0.3) is 5.91 Å². The molecule has 1 amide bonds. The summed E-state index contributed by atoms with van der Waals surface area (Å²) in [5, 5.41) is 3.43. The molecule has 0 bridgehead atoms. The van der Waals surface area contributed by atoms with Crippen LogP contribution in [0.2, 0.25) is 4.34 Å². The van der Waals surface area contributed by atoms with E-state index < -0.39 is 18.0 Å². The van der Waals surface area contributed by atoms with Crippen molar-refractivity contribution < 1.29 is 23.8 Å². The van der Waals surface area contributed by atoms with Crippen LogP contribution in [-0.2, 0) is 16.1 Å². The molecule has 1 atom stereocenters. The van der Waals surface area contributed by atoms with E-state index in [1.807, 2.05) is 30.3 Å². The first kappa shape index (κ1) is 22.2. The molecule has 34 heavy (non-hydrogen) atoms. The SMILES string of the molecule is C[C@H](OC(=O)c1cc(-c2ccc(Cl)s2)nc2ccccc12)C(=O)NCc1ccc2c(c1)OCO2. The highest BCUT2D eigenvalue weighted by Gasteiger charge is 2.22. The minimum atomic E-state index is -0.993. The molecule has 0 saturated carbocycles. The lowest BCUT2D eigenvalue weighted by molar-refractivity contribution is -0.129. The van der Waals surface area contributed by atoms with Gasteiger partial charge in [0.15, 0.2) is 17.6 Å². The summed E-state index contributed by atoms with van der Waals surface area (Å²) in [7, 11) is 0. The molecule has 172 valence electrons. The molecule has 0 fully saturated rings. The Morgan fingerprint density at radius 1 is 1.12 bits per heavy atom. The number of para-hydroxylation sites is 1. The summed E-state index contributed by atoms with van der Waals surface area (Å²) in [6.45, 7) is 1.98. The average molecular weight is 495 g/mol. The molecule has 1 aliphatic rings. The summed E-state index contributed by atoms with van der Waals surface area (Å²) < 4.78 is 16.8. The fourth-order valence-corrected chi connectivity index (χ4v) is 4.59. The molecule has 0 unspecified atom stereocenters. The number of hydrogen-bond acceptors (Lipinski definition) is 7. The third-order valence-corrected chi connectivity index (χ3v) is 6.57. The first-order valence-corrected chi connectivity index (χ1v) is 11.7. The molecule has 1 aliphatic heterocycles. The highest BCUT2D eigenvalue weighted by molar-refractivity contribution is 7.19. The van der Waals surface area contributed by atoms with Crippen LogP contribution in [0.15, 0.2) is 60.7 Å². The van der Waals surface area contributed by atoms with Gasteiger partial charge in [0.2, 0.25) is 6.79 Å². The highest BCUT2D eigenvalue weighted by atomic mass is 35.5. The number of esters is 1. The molecule has 4 aromatic rings. The second kappa shape index (κ2) is 9.32. The van der Waals surface area contributed by atoms with Crippen molar-refractivity contribution in [1.82, 2.24) is 10.3 Å². The molecular weight excluding hydrogens is 476 g/mol. The minimum Gasteiger partial charge on any atom is -0.454 e. The van der Waals surface area contributed by atoms with Crippen LogP contribution in [0, 0.1) is 0 Å². The maximum atomic E-state index is 13.1. The normalized spacial score (nSPS) is 13.0. The van der Waals surface area contributed by atoms with Gasteiger partial charge < -0.3 is 19.5 Å². The van der Waals surface area contributed by atoms with Crippen molar-refractivity contribution in [2.24, 2.45) is 0 Å². The second-order valence-electron chi connectivity index (χ2n) is 7.63. The summed E-state index contributed by atoms with van der Waals surface area (Å²) in [5.41, 5.74) is 2.44. The van der Waals surface area contributed by atoms with E-state index in [2.05, 4.69) is 10.3 Å². The van der Waals surface area contributed by atoms with Gasteiger partial charge >= 0.3 is 5.97 Å². The molecule has 0 spiro atoms. The molecule has 5 rings (SSSR count). The number of carbonyl (C=O) groups excluding carboxylic acids is 2. The van der Waals surface area contributed by atoms with E-state index in [0.29, 0.717) is 38.0 Å². The number of carbonyl (C=O) groups is 2. The van der Waals surface area contributed by atoms with Crippen LogP contribution in [0.25, 0.3) is 21.5 Å². The highest BCUT2D eigenvalue weighted by Crippen LogP contribution is 2.33. The fourth-order valence-electron chi connectivity index (χ4n) is 3.58. The van der Waals surface area contributed by atoms with E-state index in [1.54, 1.807) is 30.3 Å². The lowest BCUT2D eigenvalue weighted by atomic mass is 10.1. The number of hydrogen-bond donors (Lipinski definition) is 1. The summed E-state index contributed by atoms with van der Waals surface area (Å²) >= 11 is 7.45. The van der Waals surface area contributed by atoms with Crippen molar-refractivity contribution in [2.45, 2.75) is 19.6 Å². The van der Waals surface area contributed by atoms with Crippen LogP contribution < -0.4 is 14.8 Å². The first-order chi connectivity index (χ1) is 16.5. The van der Waals surface area contributed by atoms with Crippen LogP contribution >= 0.6 is 22.9 Å². The predicted octanol–water partition coefficient (Wildman–Crippen LogP) is 5.21. The monoisotopic (exact) mass is 494 g/mol. The molecule has 0 radical (unpaired) electrons. The van der Waals surface area contributed by atoms with E-state index >= 15 is 0 Å². The maximum absolute atomic E-state index is 13.1. The standard InChI is InChI=1S/C25H19ClN2O5S/c1-14(24(29)27-12-15-6-7-20-21(10-15)32-13-31-20)33-25(30)17-11-19(22-8-9-23(26)34-22)28-18-5-3-2-4-16(17)18/h2-11,14H,12-13H2,1H3,(H,27,29)/t14-/m0/s1. The van der Waals surface area contributed by atoms with Crippen molar-refractivity contribution in [3.8, 4) is 22.1 Å². The minimum absolute atomic E-state index is 0.184. The third kappa shape index (κ3) is 4.55. The Morgan fingerprint density at radius 3 is 2.76 bits per heavy atom. The van der Waals surface area contributed by atoms with Gasteiger partial charge in [-0.05, 0) is 48.9 Å². The van der Waals surface area contributed by atoms with Crippen molar-refractivity contribution in [2.75, 3.05) is 6.79 Å². The molecule has 2 aromatic carbocycles. The Kier molecular flexibility index (Phi) is 6.08. The van der Waals surface area contributed by atoms with Crippen LogP contribution in [0.4, 0.5) is 0 Å². The number of pyridine rings is 1. The molecule has 3 heterocycles. The average Bonchev–Trinajstić information content (AvgIpc) is 3.50. The summed E-state index contributed by atoms with van der Waals surface area (Å²) in [4.78, 5) is 31.2. The lowest BCUT2D eigenvalue weighted by Gasteiger charge is -2.15. The number of benzene rings is 2. The number of nitrogens with one attached hydrogen (secondary N) is 1. The van der Waals surface area contributed by atoms with Gasteiger partial charge in [0, 0.05) is 11.9 Å². The van der Waals surface area contributed by atoms with Crippen molar-refractivity contribution in [3.63, 3.8) is 0 Å². The number of rotatable bonds is 6. The number of aromatic nitrogens is 1. The number of halogens is 1. The van der Waals surface area contributed by atoms with Gasteiger partial charge in [0.05, 0.1) is 26.0 Å². The quantitative estimate of drug-likeness (QED) is 0.370. The summed E-state index contributed by atoms with van der Waals surface area (Å²) in [5.74, 6) is 0.299. The molecule has 7 nitrogen and oxygen atoms in total. The lowest BCUT2D eigenvalue weighted by Crippen LogP contribution is -2.35. The first-order valence-electron chi connectivity index (χ1n) is 10.5. The molecule has 0 aliphatic carbocycles. The van der Waals surface area contributed by atoms with Crippen molar-refractivity contribution in [3.05, 3.63) is 76.1 Å². The Labute approximate surface area is 204 Å². The van der Waals surface area contributed by atoms with E-state index in [-0.39, 0.29) is 13.3 Å². The number of fused-ring (bicyclic) bond motifs is 2. The van der Waals surface area contributed by atoms with E-state index in [1.165, 1.54) is 18.3 Å². The maximum Gasteiger partial charge on any atom is 0.339 e. The Balaban J connectivity index is 1.31. The zero-order chi connectivity index (χ0) is 23.7. The Morgan fingerprint density at radius 2 is 1.94 bits per heavy atom. The Hall–Kier alpha value is -3.62. The van der Waals surface area contributed by atoms with Crippen molar-refractivity contribution in [1.29, 1.82) is 0 Å². The topological polar surface area (TPSA) is 86.8 Å². The summed E-state index contributed by atoms with van der Waals surface area (Å²) in [6, 6.07) is 18.0. The van der Waals surface area contributed by atoms with Gasteiger partial charge in [-0.2, -0.15) is 0 Å². The number of nitrogens with zero attached hydrogens (tertiary/aromatic N) is 1. The fraction of sp³-hybridized carbons (Fsp3) is 0.160. The van der Waals surface area contributed by atoms with Gasteiger partial charge in [-0.3, -0.25) is 4.79 Å². The number of thiophene rings is 1. The van der Waals surface area contributed by atoms with Gasteiger partial charge in [-0.15, -0.1) is 11.3 Å². The zero-order valence-electron chi connectivity index (χ0n) is 18.0. The summed E-state index contributed by atoms with van der Waals surface area (Å²) in [6.07, 6.45) is -0.993. The molecule has 9 heteroatoms.